The molecule has 0 heterocycles. The summed E-state index contributed by atoms with van der Waals surface area (Å²) in [6.07, 6.45) is 5.22. The summed E-state index contributed by atoms with van der Waals surface area (Å²) < 4.78 is 4.64. The van der Waals surface area contributed by atoms with Crippen LogP contribution < -0.4 is 5.32 Å². The Balaban J connectivity index is 2.50. The third-order valence-electron chi connectivity index (χ3n) is 3.64. The van der Waals surface area contributed by atoms with Gasteiger partial charge in [0.25, 0.3) is 0 Å². The highest BCUT2D eigenvalue weighted by Crippen LogP contribution is 2.10. The molecule has 0 amide bonds. The number of carbonyl (C=O) groups excluding carboxylic acids is 1. The van der Waals surface area contributed by atoms with Crippen molar-refractivity contribution in [1.29, 1.82) is 0 Å². The predicted octanol–water partition coefficient (Wildman–Crippen LogP) is 2.56. The van der Waals surface area contributed by atoms with Crippen molar-refractivity contribution in [3.8, 4) is 0 Å². The number of benzene rings is 1. The highest BCUT2D eigenvalue weighted by molar-refractivity contribution is 5.69. The van der Waals surface area contributed by atoms with Gasteiger partial charge in [-0.3, -0.25) is 9.69 Å². The monoisotopic (exact) mass is 316 g/mol. The first-order chi connectivity index (χ1) is 11.2. The lowest BCUT2D eigenvalue weighted by molar-refractivity contribution is -0.140. The quantitative estimate of drug-likeness (QED) is 0.365. The second-order valence-electron chi connectivity index (χ2n) is 5.36. The fraction of sp³-hybridized carbons (Fsp3) is 0.421. The second-order valence-corrected chi connectivity index (χ2v) is 5.36. The Kier molecular flexibility index (Phi) is 9.68. The number of hydrogen-bond acceptors (Lipinski definition) is 4. The second kappa shape index (κ2) is 11.6. The Hall–Kier alpha value is -1.91. The van der Waals surface area contributed by atoms with Crippen molar-refractivity contribution in [3.63, 3.8) is 0 Å². The smallest absolute Gasteiger partial charge is 0.306 e. The van der Waals surface area contributed by atoms with E-state index in [1.807, 2.05) is 18.2 Å². The molecule has 0 saturated heterocycles. The number of ether oxygens (including phenoxy) is 1. The molecule has 4 heteroatoms. The zero-order valence-electron chi connectivity index (χ0n) is 14.1. The molecule has 0 spiro atoms. The molecule has 0 radical (unpaired) electrons. The van der Waals surface area contributed by atoms with E-state index in [0.29, 0.717) is 13.0 Å². The van der Waals surface area contributed by atoms with Crippen LogP contribution in [0.1, 0.15) is 17.5 Å². The molecule has 0 bridgehead atoms. The minimum atomic E-state index is -0.185. The maximum atomic E-state index is 11.1. The van der Waals surface area contributed by atoms with Crippen LogP contribution in [-0.4, -0.2) is 44.2 Å². The topological polar surface area (TPSA) is 41.6 Å². The molecule has 0 fully saturated rings. The van der Waals surface area contributed by atoms with Crippen LogP contribution in [0.15, 0.2) is 49.6 Å². The fourth-order valence-electron chi connectivity index (χ4n) is 2.39. The van der Waals surface area contributed by atoms with Gasteiger partial charge >= 0.3 is 5.97 Å². The third-order valence-corrected chi connectivity index (χ3v) is 3.64. The van der Waals surface area contributed by atoms with E-state index in [0.717, 1.165) is 32.6 Å². The number of rotatable bonds is 12. The Labute approximate surface area is 139 Å². The standard InChI is InChI=1S/C19H28N2O2/c1-4-13-21(14-5-2)15-11-17-8-6-7-9-18(17)16-20-12-10-19(22)23-3/h4-9,20H,1-2,10-16H2,3H3. The molecule has 1 aromatic carbocycles. The summed E-state index contributed by atoms with van der Waals surface area (Å²) in [6.45, 7) is 11.7. The van der Waals surface area contributed by atoms with Gasteiger partial charge in [0.2, 0.25) is 0 Å². The van der Waals surface area contributed by atoms with Gasteiger partial charge in [-0.25, -0.2) is 0 Å². The van der Waals surface area contributed by atoms with Crippen molar-refractivity contribution in [2.24, 2.45) is 0 Å². The molecule has 1 aromatic rings. The molecule has 0 saturated carbocycles. The summed E-state index contributed by atoms with van der Waals surface area (Å²) in [7, 11) is 1.41. The first-order valence-corrected chi connectivity index (χ1v) is 7.99. The van der Waals surface area contributed by atoms with Gasteiger partial charge in [0.05, 0.1) is 13.5 Å². The van der Waals surface area contributed by atoms with Crippen LogP contribution >= 0.6 is 0 Å². The van der Waals surface area contributed by atoms with E-state index in [2.05, 4.69) is 46.3 Å². The number of esters is 1. The van der Waals surface area contributed by atoms with Gasteiger partial charge in [-0.05, 0) is 17.5 Å². The van der Waals surface area contributed by atoms with Crippen LogP contribution in [0.5, 0.6) is 0 Å². The van der Waals surface area contributed by atoms with Crippen LogP contribution in [0.25, 0.3) is 0 Å². The Bertz CT molecular complexity index is 490. The highest BCUT2D eigenvalue weighted by Gasteiger charge is 2.06. The van der Waals surface area contributed by atoms with Gasteiger partial charge in [0.15, 0.2) is 0 Å². The van der Waals surface area contributed by atoms with Gasteiger partial charge in [-0.15, -0.1) is 13.2 Å². The minimum Gasteiger partial charge on any atom is -0.469 e. The van der Waals surface area contributed by atoms with Crippen LogP contribution in [-0.2, 0) is 22.5 Å². The lowest BCUT2D eigenvalue weighted by Crippen LogP contribution is -2.27. The molecular formula is C19H28N2O2. The number of carbonyl (C=O) groups is 1. The minimum absolute atomic E-state index is 0.185. The average molecular weight is 316 g/mol. The summed E-state index contributed by atoms with van der Waals surface area (Å²) in [5.74, 6) is -0.185. The largest absolute Gasteiger partial charge is 0.469 e. The van der Waals surface area contributed by atoms with Crippen molar-refractivity contribution in [3.05, 3.63) is 60.7 Å². The number of nitrogens with one attached hydrogen (secondary N) is 1. The fourth-order valence-corrected chi connectivity index (χ4v) is 2.39. The summed E-state index contributed by atoms with van der Waals surface area (Å²) in [5, 5.41) is 3.30. The van der Waals surface area contributed by atoms with E-state index < -0.39 is 0 Å². The van der Waals surface area contributed by atoms with E-state index >= 15 is 0 Å². The molecule has 0 atom stereocenters. The summed E-state index contributed by atoms with van der Waals surface area (Å²) in [4.78, 5) is 13.4. The molecular weight excluding hydrogens is 288 g/mol. The van der Waals surface area contributed by atoms with Crippen LogP contribution in [0.3, 0.4) is 0 Å². The molecule has 1 N–H and O–H groups in total. The van der Waals surface area contributed by atoms with Crippen LogP contribution in [0.4, 0.5) is 0 Å². The molecule has 0 aromatic heterocycles. The summed E-state index contributed by atoms with van der Waals surface area (Å²) in [5.41, 5.74) is 2.60. The normalized spacial score (nSPS) is 10.5. The summed E-state index contributed by atoms with van der Waals surface area (Å²) >= 11 is 0. The van der Waals surface area contributed by atoms with Gasteiger partial charge in [0, 0.05) is 32.7 Å². The maximum absolute atomic E-state index is 11.1. The number of hydrogen-bond donors (Lipinski definition) is 1. The van der Waals surface area contributed by atoms with Crippen molar-refractivity contribution >= 4 is 5.97 Å². The number of methoxy groups -OCH3 is 1. The van der Waals surface area contributed by atoms with Crippen LogP contribution in [0.2, 0.25) is 0 Å². The Morgan fingerprint density at radius 2 is 1.87 bits per heavy atom. The molecule has 126 valence electrons. The van der Waals surface area contributed by atoms with Crippen molar-refractivity contribution in [1.82, 2.24) is 10.2 Å². The summed E-state index contributed by atoms with van der Waals surface area (Å²) in [6, 6.07) is 8.41. The molecule has 1 rings (SSSR count). The van der Waals surface area contributed by atoms with Gasteiger partial charge in [-0.2, -0.15) is 0 Å². The average Bonchev–Trinajstić information content (AvgIpc) is 2.57. The zero-order chi connectivity index (χ0) is 16.9. The van der Waals surface area contributed by atoms with Gasteiger partial charge < -0.3 is 10.1 Å². The van der Waals surface area contributed by atoms with Crippen molar-refractivity contribution in [2.45, 2.75) is 19.4 Å². The van der Waals surface area contributed by atoms with Crippen molar-refractivity contribution < 1.29 is 9.53 Å². The van der Waals surface area contributed by atoms with E-state index in [1.54, 1.807) is 0 Å². The third kappa shape index (κ3) is 7.77. The molecule has 4 nitrogen and oxygen atoms in total. The lowest BCUT2D eigenvalue weighted by Gasteiger charge is -2.19. The molecule has 0 aliphatic rings. The maximum Gasteiger partial charge on any atom is 0.306 e. The first kappa shape index (κ1) is 19.1. The van der Waals surface area contributed by atoms with Crippen molar-refractivity contribution in [2.75, 3.05) is 33.3 Å². The van der Waals surface area contributed by atoms with Gasteiger partial charge in [0.1, 0.15) is 0 Å². The highest BCUT2D eigenvalue weighted by atomic mass is 16.5. The Morgan fingerprint density at radius 3 is 2.48 bits per heavy atom. The van der Waals surface area contributed by atoms with Crippen LogP contribution in [0, 0.1) is 0 Å². The predicted molar refractivity (Wildman–Crippen MR) is 95.3 cm³/mol. The van der Waals surface area contributed by atoms with E-state index in [1.165, 1.54) is 18.2 Å². The van der Waals surface area contributed by atoms with Gasteiger partial charge in [-0.1, -0.05) is 36.4 Å². The molecule has 23 heavy (non-hydrogen) atoms. The van der Waals surface area contributed by atoms with E-state index in [-0.39, 0.29) is 5.97 Å². The Morgan fingerprint density at radius 1 is 1.22 bits per heavy atom. The SMILES string of the molecule is C=CCN(CC=C)CCc1ccccc1CNCCC(=O)OC. The number of nitrogens with zero attached hydrogens (tertiary/aromatic N) is 1. The molecule has 0 unspecified atom stereocenters. The molecule has 0 aliphatic heterocycles. The molecule has 0 aliphatic carbocycles. The lowest BCUT2D eigenvalue weighted by atomic mass is 10.0. The van der Waals surface area contributed by atoms with E-state index in [9.17, 15) is 4.79 Å². The zero-order valence-corrected chi connectivity index (χ0v) is 14.1. The van der Waals surface area contributed by atoms with E-state index in [4.69, 9.17) is 0 Å². The first-order valence-electron chi connectivity index (χ1n) is 7.99.